The molecule has 1 saturated heterocycles. The van der Waals surface area contributed by atoms with Gasteiger partial charge in [0.05, 0.1) is 6.20 Å². The maximum absolute atomic E-state index is 13.0. The Morgan fingerprint density at radius 3 is 2.63 bits per heavy atom. The number of piperidine rings is 1. The Bertz CT molecular complexity index is 779. The molecule has 2 unspecified atom stereocenters. The lowest BCUT2D eigenvalue weighted by atomic mass is 10.0. The molecule has 2 atom stereocenters. The van der Waals surface area contributed by atoms with Crippen LogP contribution in [0.2, 0.25) is 0 Å². The van der Waals surface area contributed by atoms with Crippen molar-refractivity contribution >= 4 is 29.9 Å². The predicted octanol–water partition coefficient (Wildman–Crippen LogP) is 1.76. The summed E-state index contributed by atoms with van der Waals surface area (Å²) in [5.41, 5.74) is 1.66. The predicted molar refractivity (Wildman–Crippen MR) is 107 cm³/mol. The number of carbonyl (C=O) groups excluding carboxylic acids is 2. The number of nitrogens with one attached hydrogen (secondary N) is 1. The van der Waals surface area contributed by atoms with Gasteiger partial charge in [0.25, 0.3) is 0 Å². The zero-order valence-corrected chi connectivity index (χ0v) is 16.6. The number of aryl methyl sites for hydroxylation is 1. The van der Waals surface area contributed by atoms with Crippen LogP contribution < -0.4 is 10.2 Å². The van der Waals surface area contributed by atoms with E-state index in [9.17, 15) is 9.59 Å². The second-order valence-electron chi connectivity index (χ2n) is 6.60. The summed E-state index contributed by atoms with van der Waals surface area (Å²) in [6.45, 7) is 0.680. The quantitative estimate of drug-likeness (QED) is 0.843. The number of hydrogen-bond acceptors (Lipinski definition) is 4. The third kappa shape index (κ3) is 4.31. The number of amides is 2. The molecule has 1 aromatic carbocycles. The monoisotopic (exact) mass is 391 g/mol. The summed E-state index contributed by atoms with van der Waals surface area (Å²) in [5.74, 6) is -0.159. The minimum Gasteiger partial charge on any atom is -0.332 e. The fourth-order valence-corrected chi connectivity index (χ4v) is 3.46. The van der Waals surface area contributed by atoms with Crippen LogP contribution in [0.25, 0.3) is 0 Å². The number of nitrogens with zero attached hydrogens (tertiary/aromatic N) is 4. The van der Waals surface area contributed by atoms with Crippen LogP contribution in [0.15, 0.2) is 42.7 Å². The summed E-state index contributed by atoms with van der Waals surface area (Å²) in [7, 11) is 5.26. The average molecular weight is 392 g/mol. The van der Waals surface area contributed by atoms with Crippen molar-refractivity contribution in [1.29, 1.82) is 0 Å². The first kappa shape index (κ1) is 20.9. The van der Waals surface area contributed by atoms with Crippen LogP contribution in [-0.4, -0.2) is 53.2 Å². The highest BCUT2D eigenvalue weighted by atomic mass is 35.5. The van der Waals surface area contributed by atoms with E-state index in [0.29, 0.717) is 13.0 Å². The van der Waals surface area contributed by atoms with E-state index in [1.54, 1.807) is 34.8 Å². The van der Waals surface area contributed by atoms with Gasteiger partial charge in [-0.2, -0.15) is 5.10 Å². The first-order valence-electron chi connectivity index (χ1n) is 8.82. The van der Waals surface area contributed by atoms with E-state index >= 15 is 0 Å². The molecular formula is C19H26ClN5O2. The molecule has 7 nitrogen and oxygen atoms in total. The lowest BCUT2D eigenvalue weighted by molar-refractivity contribution is -0.140. The summed E-state index contributed by atoms with van der Waals surface area (Å²) in [4.78, 5) is 29.4. The lowest BCUT2D eigenvalue weighted by Crippen LogP contribution is -2.54. The molecule has 1 fully saturated rings. The van der Waals surface area contributed by atoms with E-state index in [0.717, 1.165) is 17.7 Å². The van der Waals surface area contributed by atoms with Gasteiger partial charge in [-0.1, -0.05) is 18.2 Å². The maximum atomic E-state index is 13.0. The van der Waals surface area contributed by atoms with Crippen molar-refractivity contribution < 1.29 is 9.59 Å². The van der Waals surface area contributed by atoms with Crippen LogP contribution in [0.5, 0.6) is 0 Å². The summed E-state index contributed by atoms with van der Waals surface area (Å²) >= 11 is 0. The molecule has 0 bridgehead atoms. The third-order valence-corrected chi connectivity index (χ3v) is 4.89. The Morgan fingerprint density at radius 2 is 2.04 bits per heavy atom. The van der Waals surface area contributed by atoms with Crippen molar-refractivity contribution in [2.45, 2.75) is 24.9 Å². The van der Waals surface area contributed by atoms with E-state index in [1.165, 1.54) is 0 Å². The smallest absolute Gasteiger partial charge is 0.249 e. The second kappa shape index (κ2) is 9.01. The Kier molecular flexibility index (Phi) is 6.98. The van der Waals surface area contributed by atoms with Crippen LogP contribution in [-0.2, 0) is 16.6 Å². The molecule has 0 spiro atoms. The topological polar surface area (TPSA) is 70.5 Å². The number of likely N-dealkylation sites (N-methyl/N-ethyl adjacent to an activating group) is 2. The van der Waals surface area contributed by atoms with Crippen molar-refractivity contribution in [3.8, 4) is 0 Å². The summed E-state index contributed by atoms with van der Waals surface area (Å²) in [6.07, 6.45) is 5.02. The number of carbonyl (C=O) groups is 2. The molecule has 0 aliphatic carbocycles. The van der Waals surface area contributed by atoms with Gasteiger partial charge in [-0.15, -0.1) is 12.4 Å². The first-order chi connectivity index (χ1) is 12.5. The Morgan fingerprint density at radius 1 is 1.33 bits per heavy atom. The minimum absolute atomic E-state index is 0. The van der Waals surface area contributed by atoms with Gasteiger partial charge >= 0.3 is 0 Å². The Hall–Kier alpha value is -2.38. The van der Waals surface area contributed by atoms with E-state index in [1.807, 2.05) is 43.6 Å². The molecule has 1 N–H and O–H groups in total. The third-order valence-electron chi connectivity index (χ3n) is 4.89. The summed E-state index contributed by atoms with van der Waals surface area (Å²) < 4.78 is 1.66. The van der Waals surface area contributed by atoms with E-state index in [-0.39, 0.29) is 24.2 Å². The highest BCUT2D eigenvalue weighted by Gasteiger charge is 2.36. The van der Waals surface area contributed by atoms with Crippen LogP contribution in [0.4, 0.5) is 5.69 Å². The molecule has 2 aromatic rings. The second-order valence-corrected chi connectivity index (χ2v) is 6.60. The molecule has 146 valence electrons. The number of hydrogen-bond donors (Lipinski definition) is 1. The zero-order chi connectivity index (χ0) is 18.7. The van der Waals surface area contributed by atoms with Crippen molar-refractivity contribution in [3.63, 3.8) is 0 Å². The van der Waals surface area contributed by atoms with E-state index in [4.69, 9.17) is 0 Å². The van der Waals surface area contributed by atoms with Gasteiger partial charge in [-0.25, -0.2) is 0 Å². The van der Waals surface area contributed by atoms with Gasteiger partial charge in [0.2, 0.25) is 11.8 Å². The van der Waals surface area contributed by atoms with Gasteiger partial charge in [0, 0.05) is 38.1 Å². The van der Waals surface area contributed by atoms with E-state index in [2.05, 4.69) is 10.4 Å². The number of aromatic nitrogens is 2. The molecule has 8 heteroatoms. The maximum Gasteiger partial charge on any atom is 0.249 e. The highest BCUT2D eigenvalue weighted by Crippen LogP contribution is 2.25. The van der Waals surface area contributed by atoms with Crippen LogP contribution >= 0.6 is 12.4 Å². The molecule has 1 aliphatic rings. The van der Waals surface area contributed by atoms with Gasteiger partial charge in [-0.05, 0) is 32.0 Å². The Balaban J connectivity index is 0.00000261. The van der Waals surface area contributed by atoms with Crippen molar-refractivity contribution in [2.75, 3.05) is 25.5 Å². The fourth-order valence-electron chi connectivity index (χ4n) is 3.46. The first-order valence-corrected chi connectivity index (χ1v) is 8.82. The molecule has 0 saturated carbocycles. The van der Waals surface area contributed by atoms with Gasteiger partial charge in [0.1, 0.15) is 12.1 Å². The standard InChI is InChI=1S/C19H25N5O2.ClH/c1-20-17(14-12-21-22(2)13-14)19(26)23(3)16-10-7-11-24(18(16)25)15-8-5-4-6-9-15;/h4-6,8-9,12-13,16-17,20H,7,10-11H2,1-3H3;1H. The molecule has 1 aromatic heterocycles. The molecule has 27 heavy (non-hydrogen) atoms. The zero-order valence-electron chi connectivity index (χ0n) is 15.8. The van der Waals surface area contributed by atoms with Gasteiger partial charge in [-0.3, -0.25) is 14.3 Å². The minimum atomic E-state index is -0.520. The average Bonchev–Trinajstić information content (AvgIpc) is 3.08. The van der Waals surface area contributed by atoms with Crippen LogP contribution in [0.3, 0.4) is 0 Å². The summed E-state index contributed by atoms with van der Waals surface area (Å²) in [5, 5.41) is 7.18. The van der Waals surface area contributed by atoms with Gasteiger partial charge in [0.15, 0.2) is 0 Å². The highest BCUT2D eigenvalue weighted by molar-refractivity contribution is 6.00. The normalized spacial score (nSPS) is 18.0. The molecule has 3 rings (SSSR count). The van der Waals surface area contributed by atoms with Crippen molar-refractivity contribution in [2.24, 2.45) is 7.05 Å². The lowest BCUT2D eigenvalue weighted by Gasteiger charge is -2.37. The largest absolute Gasteiger partial charge is 0.332 e. The van der Waals surface area contributed by atoms with Crippen molar-refractivity contribution in [3.05, 3.63) is 48.3 Å². The number of anilines is 1. The van der Waals surface area contributed by atoms with Crippen LogP contribution in [0.1, 0.15) is 24.4 Å². The van der Waals surface area contributed by atoms with Crippen LogP contribution in [0, 0.1) is 0 Å². The van der Waals surface area contributed by atoms with E-state index < -0.39 is 12.1 Å². The number of halogens is 1. The SMILES string of the molecule is CNC(C(=O)N(C)C1CCCN(c2ccccc2)C1=O)c1cnn(C)c1.Cl. The fraction of sp³-hybridized carbons (Fsp3) is 0.421. The van der Waals surface area contributed by atoms with Crippen molar-refractivity contribution in [1.82, 2.24) is 20.0 Å². The number of benzene rings is 1. The molecule has 2 amide bonds. The molecule has 2 heterocycles. The Labute approximate surface area is 165 Å². The van der Waals surface area contributed by atoms with Gasteiger partial charge < -0.3 is 15.1 Å². The number of rotatable bonds is 5. The molecular weight excluding hydrogens is 366 g/mol. The molecule has 1 aliphatic heterocycles. The number of para-hydroxylation sites is 1. The summed E-state index contributed by atoms with van der Waals surface area (Å²) in [6, 6.07) is 8.64. The molecule has 0 radical (unpaired) electrons.